The first-order valence-electron chi connectivity index (χ1n) is 9.25. The van der Waals surface area contributed by atoms with Crippen LogP contribution in [-0.4, -0.2) is 36.3 Å². The number of amides is 2. The number of nitrogens with one attached hydrogen (secondary N) is 1. The van der Waals surface area contributed by atoms with Gasteiger partial charge in [0.1, 0.15) is 0 Å². The van der Waals surface area contributed by atoms with E-state index >= 15 is 0 Å². The van der Waals surface area contributed by atoms with Crippen LogP contribution < -0.4 is 5.32 Å². The maximum Gasteiger partial charge on any atom is 0.287 e. The van der Waals surface area contributed by atoms with Crippen LogP contribution in [0.2, 0.25) is 0 Å². The number of hydrogen-bond donors (Lipinski definition) is 1. The molecule has 1 aliphatic rings. The number of piperidine rings is 1. The fraction of sp³-hybridized carbons (Fsp3) is 0.333. The fourth-order valence-corrected chi connectivity index (χ4v) is 4.70. The predicted molar refractivity (Wildman–Crippen MR) is 106 cm³/mol. The molecule has 2 amide bonds. The van der Waals surface area contributed by atoms with Gasteiger partial charge in [-0.25, -0.2) is 0 Å². The highest BCUT2D eigenvalue weighted by molar-refractivity contribution is 7.17. The summed E-state index contributed by atoms with van der Waals surface area (Å²) in [7, 11) is 0. The number of thiophene rings is 1. The Morgan fingerprint density at radius 1 is 1.22 bits per heavy atom. The van der Waals surface area contributed by atoms with Gasteiger partial charge in [0.05, 0.1) is 12.8 Å². The van der Waals surface area contributed by atoms with Crippen molar-refractivity contribution in [3.8, 4) is 0 Å². The van der Waals surface area contributed by atoms with Crippen LogP contribution in [0.1, 0.15) is 29.0 Å². The molecule has 1 unspecified atom stereocenters. The Morgan fingerprint density at radius 3 is 2.96 bits per heavy atom. The van der Waals surface area contributed by atoms with Crippen molar-refractivity contribution in [2.45, 2.75) is 19.3 Å². The summed E-state index contributed by atoms with van der Waals surface area (Å²) in [5.74, 6) is 0.298. The van der Waals surface area contributed by atoms with Gasteiger partial charge in [-0.3, -0.25) is 9.59 Å². The highest BCUT2D eigenvalue weighted by Crippen LogP contribution is 2.30. The van der Waals surface area contributed by atoms with Crippen molar-refractivity contribution in [3.05, 3.63) is 59.4 Å². The second kappa shape index (κ2) is 7.96. The highest BCUT2D eigenvalue weighted by Gasteiger charge is 2.25. The summed E-state index contributed by atoms with van der Waals surface area (Å²) in [6, 6.07) is 11.7. The van der Waals surface area contributed by atoms with Crippen LogP contribution in [0.15, 0.2) is 52.5 Å². The summed E-state index contributed by atoms with van der Waals surface area (Å²) < 4.78 is 6.36. The number of furan rings is 1. The molecule has 1 aromatic carbocycles. The van der Waals surface area contributed by atoms with E-state index < -0.39 is 0 Å². The van der Waals surface area contributed by atoms with Crippen LogP contribution >= 0.6 is 11.3 Å². The number of hydrogen-bond acceptors (Lipinski definition) is 4. The normalized spacial score (nSPS) is 17.2. The van der Waals surface area contributed by atoms with E-state index in [-0.39, 0.29) is 24.1 Å². The van der Waals surface area contributed by atoms with Crippen molar-refractivity contribution in [1.29, 1.82) is 0 Å². The van der Waals surface area contributed by atoms with Gasteiger partial charge >= 0.3 is 0 Å². The minimum Gasteiger partial charge on any atom is -0.459 e. The lowest BCUT2D eigenvalue weighted by Gasteiger charge is -2.33. The standard InChI is InChI=1S/C21H22N2O3S/c24-20(12-22-21(25)18-7-4-10-26-18)23-9-3-5-15(13-23)11-16-14-27-19-8-2-1-6-17(16)19/h1-2,4,6-8,10,14-15H,3,5,9,11-13H2,(H,22,25). The Morgan fingerprint density at radius 2 is 2.11 bits per heavy atom. The summed E-state index contributed by atoms with van der Waals surface area (Å²) in [6.45, 7) is 1.52. The maximum atomic E-state index is 12.5. The largest absolute Gasteiger partial charge is 0.459 e. The summed E-state index contributed by atoms with van der Waals surface area (Å²) >= 11 is 1.78. The lowest BCUT2D eigenvalue weighted by molar-refractivity contribution is -0.131. The maximum absolute atomic E-state index is 12.5. The first-order valence-corrected chi connectivity index (χ1v) is 10.1. The van der Waals surface area contributed by atoms with Crippen molar-refractivity contribution in [2.24, 2.45) is 5.92 Å². The lowest BCUT2D eigenvalue weighted by Crippen LogP contribution is -2.45. The van der Waals surface area contributed by atoms with Gasteiger partial charge < -0.3 is 14.6 Å². The van der Waals surface area contributed by atoms with E-state index in [1.54, 1.807) is 23.5 Å². The number of likely N-dealkylation sites (tertiary alicyclic amines) is 1. The fourth-order valence-electron chi connectivity index (χ4n) is 3.72. The summed E-state index contributed by atoms with van der Waals surface area (Å²) in [5, 5.41) is 6.22. The molecule has 1 fully saturated rings. The Bertz CT molecular complexity index is 932. The number of fused-ring (bicyclic) bond motifs is 1. The number of carbonyl (C=O) groups excluding carboxylic acids is 2. The van der Waals surface area contributed by atoms with Gasteiger partial charge in [-0.05, 0) is 59.7 Å². The molecule has 1 saturated heterocycles. The second-order valence-corrected chi connectivity index (χ2v) is 7.88. The summed E-state index contributed by atoms with van der Waals surface area (Å²) in [5.41, 5.74) is 1.38. The van der Waals surface area contributed by atoms with E-state index in [0.29, 0.717) is 5.92 Å². The molecule has 1 N–H and O–H groups in total. The van der Waals surface area contributed by atoms with Gasteiger partial charge in [0, 0.05) is 17.8 Å². The van der Waals surface area contributed by atoms with Crippen molar-refractivity contribution in [2.75, 3.05) is 19.6 Å². The zero-order valence-corrected chi connectivity index (χ0v) is 15.8. The molecule has 140 valence electrons. The molecule has 0 aliphatic carbocycles. The van der Waals surface area contributed by atoms with E-state index in [1.807, 2.05) is 4.90 Å². The van der Waals surface area contributed by atoms with E-state index in [4.69, 9.17) is 4.42 Å². The van der Waals surface area contributed by atoms with E-state index in [1.165, 1.54) is 21.9 Å². The zero-order chi connectivity index (χ0) is 18.6. The molecule has 6 heteroatoms. The number of rotatable bonds is 5. The van der Waals surface area contributed by atoms with Gasteiger partial charge in [-0.15, -0.1) is 11.3 Å². The van der Waals surface area contributed by atoms with Gasteiger partial charge in [-0.2, -0.15) is 0 Å². The molecular formula is C21H22N2O3S. The zero-order valence-electron chi connectivity index (χ0n) is 15.0. The van der Waals surface area contributed by atoms with Crippen LogP contribution in [-0.2, 0) is 11.2 Å². The van der Waals surface area contributed by atoms with Crippen LogP contribution in [0.3, 0.4) is 0 Å². The summed E-state index contributed by atoms with van der Waals surface area (Å²) in [6.07, 6.45) is 4.57. The first kappa shape index (κ1) is 17.8. The molecule has 3 aromatic rings. The van der Waals surface area contributed by atoms with Crippen LogP contribution in [0, 0.1) is 5.92 Å². The third-order valence-corrected chi connectivity index (χ3v) is 6.10. The molecule has 27 heavy (non-hydrogen) atoms. The van der Waals surface area contributed by atoms with Crippen molar-refractivity contribution in [1.82, 2.24) is 10.2 Å². The molecule has 4 rings (SSSR count). The second-order valence-electron chi connectivity index (χ2n) is 6.97. The molecule has 5 nitrogen and oxygen atoms in total. The van der Waals surface area contributed by atoms with Crippen molar-refractivity contribution >= 4 is 33.2 Å². The highest BCUT2D eigenvalue weighted by atomic mass is 32.1. The van der Waals surface area contributed by atoms with Crippen LogP contribution in [0.5, 0.6) is 0 Å². The van der Waals surface area contributed by atoms with E-state index in [0.717, 1.165) is 32.4 Å². The molecule has 2 aromatic heterocycles. The SMILES string of the molecule is O=C(NCC(=O)N1CCCC(Cc2csc3ccccc23)C1)c1ccco1. The predicted octanol–water partition coefficient (Wildman–Crippen LogP) is 3.71. The number of benzene rings is 1. The van der Waals surface area contributed by atoms with Gasteiger partial charge in [0.15, 0.2) is 5.76 Å². The Kier molecular flexibility index (Phi) is 5.25. The first-order chi connectivity index (χ1) is 13.2. The Labute approximate surface area is 162 Å². The quantitative estimate of drug-likeness (QED) is 0.732. The molecule has 0 spiro atoms. The molecule has 1 aliphatic heterocycles. The van der Waals surface area contributed by atoms with E-state index in [2.05, 4.69) is 35.0 Å². The Balaban J connectivity index is 1.33. The average Bonchev–Trinajstić information content (AvgIpc) is 3.37. The number of nitrogens with zero attached hydrogens (tertiary/aromatic N) is 1. The molecule has 1 atom stereocenters. The van der Waals surface area contributed by atoms with Gasteiger partial charge in [-0.1, -0.05) is 18.2 Å². The third kappa shape index (κ3) is 4.06. The monoisotopic (exact) mass is 382 g/mol. The average molecular weight is 382 g/mol. The van der Waals surface area contributed by atoms with Gasteiger partial charge in [0.25, 0.3) is 5.91 Å². The minimum atomic E-state index is -0.355. The van der Waals surface area contributed by atoms with Crippen molar-refractivity contribution in [3.63, 3.8) is 0 Å². The van der Waals surface area contributed by atoms with Gasteiger partial charge in [0.2, 0.25) is 5.91 Å². The molecular weight excluding hydrogens is 360 g/mol. The molecule has 0 saturated carbocycles. The molecule has 3 heterocycles. The van der Waals surface area contributed by atoms with E-state index in [9.17, 15) is 9.59 Å². The number of carbonyl (C=O) groups is 2. The Hall–Kier alpha value is -2.60. The topological polar surface area (TPSA) is 62.6 Å². The molecule has 0 radical (unpaired) electrons. The van der Waals surface area contributed by atoms with Crippen molar-refractivity contribution < 1.29 is 14.0 Å². The van der Waals surface area contributed by atoms with Crippen LogP contribution in [0.4, 0.5) is 0 Å². The molecule has 0 bridgehead atoms. The van der Waals surface area contributed by atoms with Crippen LogP contribution in [0.25, 0.3) is 10.1 Å². The smallest absolute Gasteiger partial charge is 0.287 e. The third-order valence-electron chi connectivity index (χ3n) is 5.09. The summed E-state index contributed by atoms with van der Waals surface area (Å²) in [4.78, 5) is 26.3. The minimum absolute atomic E-state index is 0.00757. The lowest BCUT2D eigenvalue weighted by atomic mass is 9.91.